The number of nitrogens with zero attached hydrogens (tertiary/aromatic N) is 2. The second-order valence-corrected chi connectivity index (χ2v) is 8.19. The molecule has 0 saturated heterocycles. The van der Waals surface area contributed by atoms with Gasteiger partial charge in [0.1, 0.15) is 11.5 Å². The molecule has 0 bridgehead atoms. The number of carbonyl (C=O) groups excluding carboxylic acids is 1. The average Bonchev–Trinajstić information content (AvgIpc) is 2.49. The van der Waals surface area contributed by atoms with Gasteiger partial charge in [0.2, 0.25) is 0 Å². The normalized spacial score (nSPS) is 20.6. The zero-order chi connectivity index (χ0) is 19.1. The van der Waals surface area contributed by atoms with Crippen LogP contribution in [-0.4, -0.2) is 62.0 Å². The lowest BCUT2D eigenvalue weighted by Crippen LogP contribution is -2.39. The predicted molar refractivity (Wildman–Crippen MR) is 106 cm³/mol. The minimum Gasteiger partial charge on any atom is -0.506 e. The Morgan fingerprint density at radius 1 is 0.920 bits per heavy atom. The maximum Gasteiger partial charge on any atom is 0.141 e. The number of phenolic OH excluding ortho intramolecular Hbond substituents is 1. The maximum absolute atomic E-state index is 12.1. The van der Waals surface area contributed by atoms with Gasteiger partial charge >= 0.3 is 0 Å². The van der Waals surface area contributed by atoms with Crippen LogP contribution in [0.1, 0.15) is 19.3 Å². The van der Waals surface area contributed by atoms with Crippen molar-refractivity contribution in [3.8, 4) is 5.75 Å². The Kier molecular flexibility index (Phi) is 9.54. The summed E-state index contributed by atoms with van der Waals surface area (Å²) in [6.07, 6.45) is 3.38. The Morgan fingerprint density at radius 3 is 1.76 bits per heavy atom. The van der Waals surface area contributed by atoms with Crippen molar-refractivity contribution >= 4 is 40.6 Å². The average molecular weight is 410 g/mol. The van der Waals surface area contributed by atoms with Crippen LogP contribution in [0.3, 0.4) is 0 Å². The zero-order valence-corrected chi connectivity index (χ0v) is 17.5. The summed E-state index contributed by atoms with van der Waals surface area (Å²) in [6, 6.07) is 2.69. The highest BCUT2D eigenvalue weighted by molar-refractivity contribution is 6.43. The van der Waals surface area contributed by atoms with Gasteiger partial charge in [-0.3, -0.25) is 4.79 Å². The molecule has 2 atom stereocenters. The first-order chi connectivity index (χ1) is 11.6. The number of hydrogen-bond acceptors (Lipinski definition) is 4. The minimum atomic E-state index is -0.0592. The monoisotopic (exact) mass is 408 g/mol. The SMILES string of the molecule is CN(C)CC1CCCC(CN(C)C)C1=O.Oc1cc(Cl)c(Cl)cc1Cl. The van der Waals surface area contributed by atoms with Crippen LogP contribution in [0.25, 0.3) is 0 Å². The van der Waals surface area contributed by atoms with E-state index < -0.39 is 0 Å². The van der Waals surface area contributed by atoms with Crippen LogP contribution in [0.15, 0.2) is 12.1 Å². The second-order valence-electron chi connectivity index (χ2n) is 6.97. The van der Waals surface area contributed by atoms with Crippen LogP contribution in [0.2, 0.25) is 15.1 Å². The van der Waals surface area contributed by atoms with Crippen LogP contribution in [-0.2, 0) is 4.79 Å². The van der Waals surface area contributed by atoms with Gasteiger partial charge in [0, 0.05) is 31.0 Å². The van der Waals surface area contributed by atoms with E-state index in [-0.39, 0.29) is 22.6 Å². The summed E-state index contributed by atoms with van der Waals surface area (Å²) in [6.45, 7) is 1.84. The summed E-state index contributed by atoms with van der Waals surface area (Å²) in [5.74, 6) is 0.983. The summed E-state index contributed by atoms with van der Waals surface area (Å²) in [7, 11) is 8.18. The van der Waals surface area contributed by atoms with Crippen LogP contribution in [0, 0.1) is 11.8 Å². The predicted octanol–water partition coefficient (Wildman–Crippen LogP) is 4.45. The van der Waals surface area contributed by atoms with Gasteiger partial charge in [0.05, 0.1) is 15.1 Å². The van der Waals surface area contributed by atoms with Gasteiger partial charge in [-0.1, -0.05) is 41.2 Å². The highest BCUT2D eigenvalue weighted by atomic mass is 35.5. The molecule has 1 aromatic carbocycles. The lowest BCUT2D eigenvalue weighted by atomic mass is 9.79. The van der Waals surface area contributed by atoms with Gasteiger partial charge in [-0.25, -0.2) is 0 Å². The number of phenols is 1. The smallest absolute Gasteiger partial charge is 0.141 e. The topological polar surface area (TPSA) is 43.8 Å². The Morgan fingerprint density at radius 2 is 1.36 bits per heavy atom. The van der Waals surface area contributed by atoms with Crippen molar-refractivity contribution in [1.29, 1.82) is 0 Å². The fourth-order valence-electron chi connectivity index (χ4n) is 2.98. The quantitative estimate of drug-likeness (QED) is 0.746. The van der Waals surface area contributed by atoms with Crippen LogP contribution in [0.5, 0.6) is 5.75 Å². The van der Waals surface area contributed by atoms with E-state index in [2.05, 4.69) is 9.80 Å². The number of Topliss-reactive ketones (excluding diaryl/α,β-unsaturated/α-hetero) is 1. The first kappa shape index (κ1) is 22.5. The van der Waals surface area contributed by atoms with Crippen LogP contribution < -0.4 is 0 Å². The van der Waals surface area contributed by atoms with E-state index in [1.54, 1.807) is 0 Å². The van der Waals surface area contributed by atoms with Crippen LogP contribution >= 0.6 is 34.8 Å². The standard InChI is InChI=1S/C12H24N2O.C6H3Cl3O/c1-13(2)8-10-6-5-7-11(12(10)15)9-14(3)4;7-3-1-5(9)6(10)2-4(3)8/h10-11H,5-9H2,1-4H3;1-2,10H. The molecule has 7 heteroatoms. The van der Waals surface area contributed by atoms with Crippen LogP contribution in [0.4, 0.5) is 0 Å². The summed E-state index contributed by atoms with van der Waals surface area (Å²) in [5.41, 5.74) is 0. The largest absolute Gasteiger partial charge is 0.506 e. The maximum atomic E-state index is 12.1. The molecule has 1 aliphatic carbocycles. The van der Waals surface area contributed by atoms with Gasteiger partial charge in [-0.15, -0.1) is 0 Å². The number of hydrogen-bond donors (Lipinski definition) is 1. The summed E-state index contributed by atoms with van der Waals surface area (Å²) in [4.78, 5) is 16.4. The van der Waals surface area contributed by atoms with Gasteiger partial charge in [-0.2, -0.15) is 0 Å². The van der Waals surface area contributed by atoms with Crippen molar-refractivity contribution in [2.24, 2.45) is 11.8 Å². The van der Waals surface area contributed by atoms with E-state index in [0.717, 1.165) is 25.9 Å². The highest BCUT2D eigenvalue weighted by Crippen LogP contribution is 2.32. The van der Waals surface area contributed by atoms with Crippen molar-refractivity contribution in [1.82, 2.24) is 9.80 Å². The number of benzene rings is 1. The van der Waals surface area contributed by atoms with Crippen molar-refractivity contribution in [3.63, 3.8) is 0 Å². The van der Waals surface area contributed by atoms with E-state index in [4.69, 9.17) is 39.9 Å². The third kappa shape index (κ3) is 7.71. The van der Waals surface area contributed by atoms with E-state index in [1.165, 1.54) is 18.6 Å². The highest BCUT2D eigenvalue weighted by Gasteiger charge is 2.31. The second kappa shape index (κ2) is 10.6. The van der Waals surface area contributed by atoms with E-state index in [0.29, 0.717) is 15.8 Å². The van der Waals surface area contributed by atoms with Crippen molar-refractivity contribution < 1.29 is 9.90 Å². The molecule has 1 fully saturated rings. The molecule has 2 rings (SSSR count). The van der Waals surface area contributed by atoms with Gasteiger partial charge < -0.3 is 14.9 Å². The summed E-state index contributed by atoms with van der Waals surface area (Å²) >= 11 is 16.6. The van der Waals surface area contributed by atoms with Crippen molar-refractivity contribution in [2.45, 2.75) is 19.3 Å². The third-order valence-electron chi connectivity index (χ3n) is 4.07. The molecule has 1 aliphatic rings. The van der Waals surface area contributed by atoms with Gasteiger partial charge in [-0.05, 0) is 47.1 Å². The van der Waals surface area contributed by atoms with E-state index in [9.17, 15) is 4.79 Å². The molecule has 25 heavy (non-hydrogen) atoms. The van der Waals surface area contributed by atoms with E-state index in [1.807, 2.05) is 28.2 Å². The first-order valence-corrected chi connectivity index (χ1v) is 9.41. The minimum absolute atomic E-state index is 0.0592. The number of aromatic hydroxyl groups is 1. The Bertz CT molecular complexity index is 509. The summed E-state index contributed by atoms with van der Waals surface area (Å²) < 4.78 is 0. The summed E-state index contributed by atoms with van der Waals surface area (Å²) in [5, 5.41) is 9.79. The number of halogens is 3. The van der Waals surface area contributed by atoms with Gasteiger partial charge in [0.15, 0.2) is 0 Å². The Hall–Kier alpha value is -0.520. The molecule has 0 radical (unpaired) electrons. The lowest BCUT2D eigenvalue weighted by molar-refractivity contribution is -0.130. The van der Waals surface area contributed by atoms with E-state index >= 15 is 0 Å². The van der Waals surface area contributed by atoms with Gasteiger partial charge in [0.25, 0.3) is 0 Å². The van der Waals surface area contributed by atoms with Crippen molar-refractivity contribution in [3.05, 3.63) is 27.2 Å². The first-order valence-electron chi connectivity index (χ1n) is 8.28. The molecule has 1 aromatic rings. The lowest BCUT2D eigenvalue weighted by Gasteiger charge is -2.31. The Balaban J connectivity index is 0.000000271. The molecule has 1 N–H and O–H groups in total. The molecule has 0 amide bonds. The number of ketones is 1. The molecular weight excluding hydrogens is 383 g/mol. The molecule has 142 valence electrons. The number of rotatable bonds is 4. The molecule has 0 aliphatic heterocycles. The fraction of sp³-hybridized carbons (Fsp3) is 0.611. The molecule has 4 nitrogen and oxygen atoms in total. The molecule has 1 saturated carbocycles. The molecular formula is C18H27Cl3N2O2. The zero-order valence-electron chi connectivity index (χ0n) is 15.2. The molecule has 2 unspecified atom stereocenters. The molecule has 0 spiro atoms. The molecule has 0 heterocycles. The fourth-order valence-corrected chi connectivity index (χ4v) is 3.53. The molecule has 0 aromatic heterocycles. The third-order valence-corrected chi connectivity index (χ3v) is 5.10. The van der Waals surface area contributed by atoms with Crippen molar-refractivity contribution in [2.75, 3.05) is 41.3 Å². The Labute approximate surface area is 165 Å². The number of carbonyl (C=O) groups is 1.